The Bertz CT molecular complexity index is 248. The van der Waals surface area contributed by atoms with Gasteiger partial charge in [0, 0.05) is 22.8 Å². The van der Waals surface area contributed by atoms with Crippen LogP contribution in [0.15, 0.2) is 12.2 Å². The molecule has 0 fully saturated rings. The van der Waals surface area contributed by atoms with E-state index in [1.165, 1.54) is 83.5 Å². The number of rotatable bonds is 16. The van der Waals surface area contributed by atoms with E-state index in [1.807, 2.05) is 0 Å². The topological polar surface area (TPSA) is 17.1 Å². The molecule has 0 aromatic carbocycles. The SMILES string of the molecule is CCCCCCCC/C=C\CCCCCCCCS(C)=O. The van der Waals surface area contributed by atoms with Gasteiger partial charge < -0.3 is 0 Å². The van der Waals surface area contributed by atoms with Crippen molar-refractivity contribution < 1.29 is 4.21 Å². The highest BCUT2D eigenvalue weighted by molar-refractivity contribution is 7.84. The monoisotopic (exact) mass is 314 g/mol. The molecule has 0 aromatic rings. The predicted molar refractivity (Wildman–Crippen MR) is 98.4 cm³/mol. The van der Waals surface area contributed by atoms with Crippen molar-refractivity contribution in [1.29, 1.82) is 0 Å². The molecule has 0 aliphatic heterocycles. The zero-order valence-electron chi connectivity index (χ0n) is 14.6. The molecular weight excluding hydrogens is 276 g/mol. The predicted octanol–water partition coefficient (Wildman–Crippen LogP) is 6.40. The quantitative estimate of drug-likeness (QED) is 0.238. The minimum Gasteiger partial charge on any atom is -0.260 e. The van der Waals surface area contributed by atoms with E-state index >= 15 is 0 Å². The van der Waals surface area contributed by atoms with Crippen molar-refractivity contribution in [3.63, 3.8) is 0 Å². The smallest absolute Gasteiger partial charge is 0.0232 e. The fourth-order valence-electron chi connectivity index (χ4n) is 2.55. The van der Waals surface area contributed by atoms with Crippen LogP contribution in [0.2, 0.25) is 0 Å². The fourth-order valence-corrected chi connectivity index (χ4v) is 3.16. The van der Waals surface area contributed by atoms with E-state index in [1.54, 1.807) is 6.26 Å². The van der Waals surface area contributed by atoms with Crippen LogP contribution in [0.3, 0.4) is 0 Å². The van der Waals surface area contributed by atoms with Crippen molar-refractivity contribution >= 4 is 10.8 Å². The minimum atomic E-state index is -0.592. The summed E-state index contributed by atoms with van der Waals surface area (Å²) in [5.41, 5.74) is 0. The van der Waals surface area contributed by atoms with Crippen LogP contribution >= 0.6 is 0 Å². The molecule has 2 heteroatoms. The molecule has 0 bridgehead atoms. The largest absolute Gasteiger partial charge is 0.260 e. The van der Waals surface area contributed by atoms with Crippen LogP contribution in [0.5, 0.6) is 0 Å². The first kappa shape index (κ1) is 20.9. The molecule has 0 radical (unpaired) electrons. The normalized spacial score (nSPS) is 13.0. The highest BCUT2D eigenvalue weighted by Gasteiger charge is 1.93. The fraction of sp³-hybridized carbons (Fsp3) is 0.895. The highest BCUT2D eigenvalue weighted by atomic mass is 32.2. The standard InChI is InChI=1S/C19H38OS/c1-3-4-5-6-7-8-9-10-11-12-13-14-15-16-17-18-19-21(2)20/h10-11H,3-9,12-19H2,1-2H3/b11-10-. The number of unbranched alkanes of at least 4 members (excludes halogenated alkanes) is 12. The molecule has 0 N–H and O–H groups in total. The average molecular weight is 315 g/mol. The van der Waals surface area contributed by atoms with Gasteiger partial charge in [0.25, 0.3) is 0 Å². The van der Waals surface area contributed by atoms with E-state index in [0.29, 0.717) is 0 Å². The van der Waals surface area contributed by atoms with Crippen LogP contribution in [-0.4, -0.2) is 16.2 Å². The summed E-state index contributed by atoms with van der Waals surface area (Å²) in [6.45, 7) is 2.27. The van der Waals surface area contributed by atoms with Crippen molar-refractivity contribution in [3.05, 3.63) is 12.2 Å². The van der Waals surface area contributed by atoms with Gasteiger partial charge in [0.15, 0.2) is 0 Å². The summed E-state index contributed by atoms with van der Waals surface area (Å²) in [4.78, 5) is 0. The van der Waals surface area contributed by atoms with Crippen molar-refractivity contribution in [3.8, 4) is 0 Å². The Morgan fingerprint density at radius 3 is 1.57 bits per heavy atom. The molecule has 0 aromatic heterocycles. The molecule has 0 saturated carbocycles. The summed E-state index contributed by atoms with van der Waals surface area (Å²) in [6.07, 6.45) is 25.3. The van der Waals surface area contributed by atoms with Gasteiger partial charge in [0.05, 0.1) is 0 Å². The maximum absolute atomic E-state index is 10.9. The maximum Gasteiger partial charge on any atom is 0.0232 e. The van der Waals surface area contributed by atoms with E-state index < -0.39 is 10.8 Å². The van der Waals surface area contributed by atoms with Gasteiger partial charge in [0.1, 0.15) is 0 Å². The summed E-state index contributed by atoms with van der Waals surface area (Å²) < 4.78 is 10.9. The Morgan fingerprint density at radius 1 is 0.667 bits per heavy atom. The lowest BCUT2D eigenvalue weighted by Gasteiger charge is -2.00. The second-order valence-electron chi connectivity index (χ2n) is 6.22. The Morgan fingerprint density at radius 2 is 1.10 bits per heavy atom. The zero-order valence-corrected chi connectivity index (χ0v) is 15.4. The third-order valence-electron chi connectivity index (χ3n) is 3.94. The van der Waals surface area contributed by atoms with Gasteiger partial charge in [0.2, 0.25) is 0 Å². The van der Waals surface area contributed by atoms with Crippen molar-refractivity contribution in [1.82, 2.24) is 0 Å². The number of allylic oxidation sites excluding steroid dienone is 2. The first-order chi connectivity index (χ1) is 10.3. The summed E-state index contributed by atoms with van der Waals surface area (Å²) in [7, 11) is -0.592. The van der Waals surface area contributed by atoms with Crippen LogP contribution in [0.4, 0.5) is 0 Å². The van der Waals surface area contributed by atoms with Crippen molar-refractivity contribution in [2.24, 2.45) is 0 Å². The molecule has 1 unspecified atom stereocenters. The third kappa shape index (κ3) is 19.9. The first-order valence-electron chi connectivity index (χ1n) is 9.22. The lowest BCUT2D eigenvalue weighted by molar-refractivity contribution is 0.606. The summed E-state index contributed by atoms with van der Waals surface area (Å²) in [5.74, 6) is 0.890. The zero-order chi connectivity index (χ0) is 15.6. The van der Waals surface area contributed by atoms with E-state index in [9.17, 15) is 4.21 Å². The first-order valence-corrected chi connectivity index (χ1v) is 10.9. The molecular formula is C19H38OS. The molecule has 1 nitrogen and oxygen atoms in total. The molecule has 0 aliphatic carbocycles. The van der Waals surface area contributed by atoms with Crippen LogP contribution < -0.4 is 0 Å². The second-order valence-corrected chi connectivity index (χ2v) is 7.77. The Kier molecular flexibility index (Phi) is 17.8. The molecule has 0 amide bonds. The molecule has 21 heavy (non-hydrogen) atoms. The molecule has 0 spiro atoms. The van der Waals surface area contributed by atoms with Gasteiger partial charge in [-0.25, -0.2) is 0 Å². The van der Waals surface area contributed by atoms with Crippen LogP contribution in [0, 0.1) is 0 Å². The Hall–Kier alpha value is -0.110. The van der Waals surface area contributed by atoms with Crippen LogP contribution in [0.1, 0.15) is 96.8 Å². The Labute approximate surface area is 136 Å². The number of hydrogen-bond donors (Lipinski definition) is 0. The molecule has 0 rings (SSSR count). The second kappa shape index (κ2) is 17.9. The van der Waals surface area contributed by atoms with E-state index in [0.717, 1.165) is 12.2 Å². The van der Waals surface area contributed by atoms with E-state index in [4.69, 9.17) is 0 Å². The summed E-state index contributed by atoms with van der Waals surface area (Å²) >= 11 is 0. The van der Waals surface area contributed by atoms with E-state index in [-0.39, 0.29) is 0 Å². The Balaban J connectivity index is 3.07. The van der Waals surface area contributed by atoms with Gasteiger partial charge >= 0.3 is 0 Å². The molecule has 0 saturated heterocycles. The van der Waals surface area contributed by atoms with Gasteiger partial charge in [-0.3, -0.25) is 4.21 Å². The lowest BCUT2D eigenvalue weighted by atomic mass is 10.1. The molecule has 0 heterocycles. The molecule has 1 atom stereocenters. The minimum absolute atomic E-state index is 0.592. The third-order valence-corrected chi connectivity index (χ3v) is 4.81. The molecule has 0 aliphatic rings. The van der Waals surface area contributed by atoms with Crippen LogP contribution in [0.25, 0.3) is 0 Å². The lowest BCUT2D eigenvalue weighted by Crippen LogP contribution is -1.93. The van der Waals surface area contributed by atoms with Gasteiger partial charge in [-0.2, -0.15) is 0 Å². The summed E-state index contributed by atoms with van der Waals surface area (Å²) in [5, 5.41) is 0. The summed E-state index contributed by atoms with van der Waals surface area (Å²) in [6, 6.07) is 0. The van der Waals surface area contributed by atoms with Crippen molar-refractivity contribution in [2.75, 3.05) is 12.0 Å². The van der Waals surface area contributed by atoms with Crippen LogP contribution in [-0.2, 0) is 10.8 Å². The van der Waals surface area contributed by atoms with Gasteiger partial charge in [-0.1, -0.05) is 76.9 Å². The maximum atomic E-state index is 10.9. The highest BCUT2D eigenvalue weighted by Crippen LogP contribution is 2.09. The van der Waals surface area contributed by atoms with Gasteiger partial charge in [-0.15, -0.1) is 0 Å². The molecule has 126 valence electrons. The average Bonchev–Trinajstić information content (AvgIpc) is 2.46. The van der Waals surface area contributed by atoms with E-state index in [2.05, 4.69) is 19.1 Å². The van der Waals surface area contributed by atoms with Crippen molar-refractivity contribution in [2.45, 2.75) is 96.8 Å². The van der Waals surface area contributed by atoms with Gasteiger partial charge in [-0.05, 0) is 32.1 Å². The number of hydrogen-bond acceptors (Lipinski definition) is 1.